The second-order valence-electron chi connectivity index (χ2n) is 5.46. The van der Waals surface area contributed by atoms with Gasteiger partial charge in [0, 0.05) is 33.9 Å². The van der Waals surface area contributed by atoms with E-state index in [1.54, 1.807) is 32.4 Å². The Balaban J connectivity index is 1.87. The molecule has 1 amide bonds. The molecule has 2 heterocycles. The monoisotopic (exact) mass is 296 g/mol. The molecule has 2 atom stereocenters. The van der Waals surface area contributed by atoms with Crippen LogP contribution in [0.3, 0.4) is 0 Å². The zero-order valence-electron chi connectivity index (χ0n) is 12.9. The molecule has 1 saturated heterocycles. The van der Waals surface area contributed by atoms with E-state index in [9.17, 15) is 4.79 Å². The normalized spacial score (nSPS) is 22.6. The fourth-order valence-electron chi connectivity index (χ4n) is 2.69. The van der Waals surface area contributed by atoms with Crippen LogP contribution in [0.5, 0.6) is 0 Å². The summed E-state index contributed by atoms with van der Waals surface area (Å²) in [5, 5.41) is 0. The van der Waals surface area contributed by atoms with Gasteiger partial charge in [0.2, 0.25) is 5.91 Å². The number of carbonyl (C=O) groups is 1. The zero-order valence-corrected chi connectivity index (χ0v) is 12.9. The van der Waals surface area contributed by atoms with Crippen LogP contribution in [0.1, 0.15) is 12.2 Å². The molecule has 1 aromatic rings. The molecule has 6 nitrogen and oxygen atoms in total. The lowest BCUT2D eigenvalue weighted by atomic mass is 10.2. The number of likely N-dealkylation sites (tertiary alicyclic amines) is 1. The molecule has 0 aromatic carbocycles. The summed E-state index contributed by atoms with van der Waals surface area (Å²) in [7, 11) is 5.19. The minimum atomic E-state index is 0.0734. The smallest absolute Gasteiger partial charge is 0.236 e. The van der Waals surface area contributed by atoms with Gasteiger partial charge in [-0.3, -0.25) is 9.69 Å². The molecule has 0 saturated carbocycles. The Morgan fingerprint density at radius 2 is 2.33 bits per heavy atom. The number of nitrogens with zero attached hydrogens (tertiary/aromatic N) is 2. The van der Waals surface area contributed by atoms with Gasteiger partial charge in [-0.25, -0.2) is 0 Å². The Bertz CT molecular complexity index is 435. The van der Waals surface area contributed by atoms with E-state index in [2.05, 4.69) is 4.90 Å². The van der Waals surface area contributed by atoms with Crippen molar-refractivity contribution in [1.82, 2.24) is 9.80 Å². The average molecular weight is 296 g/mol. The van der Waals surface area contributed by atoms with Gasteiger partial charge in [-0.1, -0.05) is 0 Å². The molecule has 1 aromatic heterocycles. The van der Waals surface area contributed by atoms with Crippen molar-refractivity contribution >= 4 is 5.91 Å². The molecular weight excluding hydrogens is 272 g/mol. The van der Waals surface area contributed by atoms with E-state index in [-0.39, 0.29) is 18.1 Å². The number of ether oxygens (including phenoxy) is 2. The van der Waals surface area contributed by atoms with Gasteiger partial charge in [0.25, 0.3) is 0 Å². The highest BCUT2D eigenvalue weighted by molar-refractivity contribution is 5.78. The number of hydrogen-bond acceptors (Lipinski definition) is 5. The van der Waals surface area contributed by atoms with Crippen LogP contribution in [0.15, 0.2) is 22.8 Å². The molecule has 118 valence electrons. The predicted octanol–water partition coefficient (Wildman–Crippen LogP) is 0.974. The molecule has 1 aliphatic rings. The van der Waals surface area contributed by atoms with E-state index in [1.165, 1.54) is 0 Å². The summed E-state index contributed by atoms with van der Waals surface area (Å²) < 4.78 is 15.9. The van der Waals surface area contributed by atoms with Crippen LogP contribution in [0.4, 0.5) is 0 Å². The highest BCUT2D eigenvalue weighted by Gasteiger charge is 2.33. The van der Waals surface area contributed by atoms with E-state index in [1.807, 2.05) is 12.1 Å². The second kappa shape index (κ2) is 7.59. The number of rotatable bonds is 7. The SMILES string of the molecule is COC[C@@H]1C[C@@H](OC)CN1CC(=O)N(C)Cc1ccco1. The fourth-order valence-corrected chi connectivity index (χ4v) is 2.69. The van der Waals surface area contributed by atoms with Gasteiger partial charge in [-0.2, -0.15) is 0 Å². The third-order valence-corrected chi connectivity index (χ3v) is 3.92. The Hall–Kier alpha value is -1.37. The summed E-state index contributed by atoms with van der Waals surface area (Å²) in [6.45, 7) is 2.26. The quantitative estimate of drug-likeness (QED) is 0.750. The number of furan rings is 1. The number of hydrogen-bond donors (Lipinski definition) is 0. The molecule has 0 aliphatic carbocycles. The van der Waals surface area contributed by atoms with E-state index in [0.717, 1.165) is 18.7 Å². The maximum absolute atomic E-state index is 12.3. The zero-order chi connectivity index (χ0) is 15.2. The van der Waals surface area contributed by atoms with Crippen LogP contribution >= 0.6 is 0 Å². The van der Waals surface area contributed by atoms with Crippen LogP contribution in [0.25, 0.3) is 0 Å². The highest BCUT2D eigenvalue weighted by Crippen LogP contribution is 2.20. The van der Waals surface area contributed by atoms with Gasteiger partial charge < -0.3 is 18.8 Å². The topological polar surface area (TPSA) is 55.2 Å². The molecule has 0 unspecified atom stereocenters. The molecule has 0 N–H and O–H groups in total. The maximum Gasteiger partial charge on any atom is 0.236 e. The Labute approximate surface area is 125 Å². The van der Waals surface area contributed by atoms with E-state index < -0.39 is 0 Å². The second-order valence-corrected chi connectivity index (χ2v) is 5.46. The van der Waals surface area contributed by atoms with Crippen LogP contribution < -0.4 is 0 Å². The number of carbonyl (C=O) groups excluding carboxylic acids is 1. The van der Waals surface area contributed by atoms with Crippen LogP contribution in [-0.4, -0.2) is 68.8 Å². The lowest BCUT2D eigenvalue weighted by Gasteiger charge is -2.25. The van der Waals surface area contributed by atoms with Crippen LogP contribution in [0, 0.1) is 0 Å². The lowest BCUT2D eigenvalue weighted by molar-refractivity contribution is -0.132. The van der Waals surface area contributed by atoms with Crippen molar-refractivity contribution in [3.63, 3.8) is 0 Å². The lowest BCUT2D eigenvalue weighted by Crippen LogP contribution is -2.42. The molecular formula is C15H24N2O4. The standard InChI is InChI=1S/C15H24N2O4/c1-16(8-13-5-4-6-21-13)15(18)10-17-9-14(20-3)7-12(17)11-19-2/h4-6,12,14H,7-11H2,1-3H3/t12-,14+/m0/s1. The van der Waals surface area contributed by atoms with Crippen LogP contribution in [0.2, 0.25) is 0 Å². The molecule has 0 spiro atoms. The van der Waals surface area contributed by atoms with Crippen molar-refractivity contribution in [3.05, 3.63) is 24.2 Å². The first-order chi connectivity index (χ1) is 10.1. The third kappa shape index (κ3) is 4.30. The van der Waals surface area contributed by atoms with Crippen molar-refractivity contribution in [2.24, 2.45) is 0 Å². The Kier molecular flexibility index (Phi) is 5.78. The minimum absolute atomic E-state index is 0.0734. The highest BCUT2D eigenvalue weighted by atomic mass is 16.5. The van der Waals surface area contributed by atoms with Gasteiger partial charge >= 0.3 is 0 Å². The summed E-state index contributed by atoms with van der Waals surface area (Å²) in [5.41, 5.74) is 0. The summed E-state index contributed by atoms with van der Waals surface area (Å²) in [6, 6.07) is 3.93. The summed E-state index contributed by atoms with van der Waals surface area (Å²) in [6.07, 6.45) is 2.69. The average Bonchev–Trinajstić information content (AvgIpc) is 3.09. The Morgan fingerprint density at radius 1 is 1.52 bits per heavy atom. The van der Waals surface area contributed by atoms with Crippen LogP contribution in [-0.2, 0) is 20.8 Å². The van der Waals surface area contributed by atoms with Gasteiger partial charge in [-0.05, 0) is 18.6 Å². The number of amides is 1. The van der Waals surface area contributed by atoms with Gasteiger partial charge in [0.15, 0.2) is 0 Å². The molecule has 0 bridgehead atoms. The maximum atomic E-state index is 12.3. The number of methoxy groups -OCH3 is 2. The largest absolute Gasteiger partial charge is 0.467 e. The van der Waals surface area contributed by atoms with Crippen molar-refractivity contribution in [2.45, 2.75) is 25.1 Å². The van der Waals surface area contributed by atoms with Crippen molar-refractivity contribution in [3.8, 4) is 0 Å². The molecule has 6 heteroatoms. The summed E-state index contributed by atoms with van der Waals surface area (Å²) in [4.78, 5) is 16.2. The summed E-state index contributed by atoms with van der Waals surface area (Å²) >= 11 is 0. The van der Waals surface area contributed by atoms with Crippen molar-refractivity contribution in [1.29, 1.82) is 0 Å². The van der Waals surface area contributed by atoms with Gasteiger partial charge in [0.1, 0.15) is 5.76 Å². The summed E-state index contributed by atoms with van der Waals surface area (Å²) in [5.74, 6) is 0.861. The van der Waals surface area contributed by atoms with Crippen molar-refractivity contribution in [2.75, 3.05) is 41.0 Å². The van der Waals surface area contributed by atoms with E-state index in [0.29, 0.717) is 19.7 Å². The molecule has 2 rings (SSSR count). The molecule has 21 heavy (non-hydrogen) atoms. The molecule has 1 aliphatic heterocycles. The van der Waals surface area contributed by atoms with E-state index in [4.69, 9.17) is 13.9 Å². The van der Waals surface area contributed by atoms with Crippen molar-refractivity contribution < 1.29 is 18.7 Å². The fraction of sp³-hybridized carbons (Fsp3) is 0.667. The molecule has 1 fully saturated rings. The number of likely N-dealkylation sites (N-methyl/N-ethyl adjacent to an activating group) is 1. The van der Waals surface area contributed by atoms with Gasteiger partial charge in [-0.15, -0.1) is 0 Å². The van der Waals surface area contributed by atoms with Gasteiger partial charge in [0.05, 0.1) is 32.1 Å². The minimum Gasteiger partial charge on any atom is -0.467 e. The van der Waals surface area contributed by atoms with E-state index >= 15 is 0 Å². The first-order valence-corrected chi connectivity index (χ1v) is 7.16. The first kappa shape index (κ1) is 16.0. The Morgan fingerprint density at radius 3 is 2.95 bits per heavy atom. The first-order valence-electron chi connectivity index (χ1n) is 7.16. The predicted molar refractivity (Wildman–Crippen MR) is 77.8 cm³/mol. The third-order valence-electron chi connectivity index (χ3n) is 3.92. The molecule has 0 radical (unpaired) electrons.